The Morgan fingerprint density at radius 2 is 1.67 bits per heavy atom. The molecule has 0 bridgehead atoms. The molecule has 0 aliphatic rings. The first kappa shape index (κ1) is 12.5. The van der Waals surface area contributed by atoms with Gasteiger partial charge in [-0.25, -0.2) is 8.78 Å². The molecule has 0 spiro atoms. The SMILES string of the molecule is NCCc1ccc(Nc2ccccc2F)c(F)c1. The maximum atomic E-state index is 13.8. The highest BCUT2D eigenvalue weighted by atomic mass is 19.1. The molecular weight excluding hydrogens is 234 g/mol. The fourth-order valence-electron chi connectivity index (χ4n) is 1.69. The molecular formula is C14H14F2N2. The molecule has 2 nitrogen and oxygen atoms in total. The standard InChI is InChI=1S/C14H14F2N2/c15-11-3-1-2-4-13(11)18-14-6-5-10(7-8-17)9-12(14)16/h1-6,9,18H,7-8,17H2. The van der Waals surface area contributed by atoms with Gasteiger partial charge in [-0.2, -0.15) is 0 Å². The van der Waals surface area contributed by atoms with Crippen LogP contribution < -0.4 is 11.1 Å². The van der Waals surface area contributed by atoms with Gasteiger partial charge in [-0.1, -0.05) is 18.2 Å². The van der Waals surface area contributed by atoms with Crippen LogP contribution in [0.2, 0.25) is 0 Å². The topological polar surface area (TPSA) is 38.0 Å². The van der Waals surface area contributed by atoms with Crippen molar-refractivity contribution in [1.82, 2.24) is 0 Å². The summed E-state index contributed by atoms with van der Waals surface area (Å²) in [5, 5.41) is 2.73. The van der Waals surface area contributed by atoms with E-state index >= 15 is 0 Å². The summed E-state index contributed by atoms with van der Waals surface area (Å²) in [5.74, 6) is -0.827. The molecule has 0 aliphatic heterocycles. The van der Waals surface area contributed by atoms with Gasteiger partial charge in [-0.3, -0.25) is 0 Å². The number of anilines is 2. The lowest BCUT2D eigenvalue weighted by molar-refractivity contribution is 0.624. The first-order chi connectivity index (χ1) is 8.70. The van der Waals surface area contributed by atoms with Gasteiger partial charge >= 0.3 is 0 Å². The third-order valence-electron chi connectivity index (χ3n) is 2.61. The second kappa shape index (κ2) is 5.60. The third-order valence-corrected chi connectivity index (χ3v) is 2.61. The first-order valence-electron chi connectivity index (χ1n) is 5.71. The van der Waals surface area contributed by atoms with Crippen LogP contribution in [0.15, 0.2) is 42.5 Å². The number of hydrogen-bond acceptors (Lipinski definition) is 2. The molecule has 0 saturated carbocycles. The van der Waals surface area contributed by atoms with Crippen LogP contribution in [0.4, 0.5) is 20.2 Å². The monoisotopic (exact) mass is 248 g/mol. The Kier molecular flexibility index (Phi) is 3.89. The lowest BCUT2D eigenvalue weighted by Crippen LogP contribution is -2.03. The lowest BCUT2D eigenvalue weighted by atomic mass is 10.1. The van der Waals surface area contributed by atoms with Gasteiger partial charge in [0.2, 0.25) is 0 Å². The average molecular weight is 248 g/mol. The molecule has 0 atom stereocenters. The van der Waals surface area contributed by atoms with Crippen molar-refractivity contribution in [1.29, 1.82) is 0 Å². The minimum absolute atomic E-state index is 0.251. The zero-order chi connectivity index (χ0) is 13.0. The van der Waals surface area contributed by atoms with Crippen LogP contribution in [0.3, 0.4) is 0 Å². The van der Waals surface area contributed by atoms with Gasteiger partial charge in [0.05, 0.1) is 11.4 Å². The van der Waals surface area contributed by atoms with E-state index in [4.69, 9.17) is 5.73 Å². The van der Waals surface area contributed by atoms with E-state index in [9.17, 15) is 8.78 Å². The normalized spacial score (nSPS) is 10.4. The molecule has 0 amide bonds. The second-order valence-electron chi connectivity index (χ2n) is 3.96. The Bertz CT molecular complexity index is 541. The summed E-state index contributed by atoms with van der Waals surface area (Å²) < 4.78 is 27.2. The average Bonchev–Trinajstić information content (AvgIpc) is 2.35. The number of halogens is 2. The summed E-state index contributed by atoms with van der Waals surface area (Å²) in [6.45, 7) is 0.472. The largest absolute Gasteiger partial charge is 0.351 e. The minimum atomic E-state index is -0.414. The summed E-state index contributed by atoms with van der Waals surface area (Å²) >= 11 is 0. The Morgan fingerprint density at radius 1 is 0.944 bits per heavy atom. The summed E-state index contributed by atoms with van der Waals surface area (Å²) in [6, 6.07) is 10.9. The van der Waals surface area contributed by atoms with Crippen LogP contribution in [0.5, 0.6) is 0 Å². The highest BCUT2D eigenvalue weighted by Gasteiger charge is 2.06. The molecule has 3 N–H and O–H groups in total. The van der Waals surface area contributed by atoms with E-state index in [1.807, 2.05) is 0 Å². The summed E-state index contributed by atoms with van der Waals surface area (Å²) in [5.41, 5.74) is 6.74. The van der Waals surface area contributed by atoms with Gasteiger partial charge in [0, 0.05) is 0 Å². The van der Waals surface area contributed by atoms with Crippen molar-refractivity contribution < 1.29 is 8.78 Å². The molecule has 2 aromatic carbocycles. The highest BCUT2D eigenvalue weighted by Crippen LogP contribution is 2.22. The van der Waals surface area contributed by atoms with E-state index in [1.165, 1.54) is 12.1 Å². The van der Waals surface area contributed by atoms with E-state index in [-0.39, 0.29) is 11.4 Å². The zero-order valence-electron chi connectivity index (χ0n) is 9.79. The zero-order valence-corrected chi connectivity index (χ0v) is 9.79. The molecule has 0 aliphatic carbocycles. The van der Waals surface area contributed by atoms with Gasteiger partial charge in [0.15, 0.2) is 0 Å². The lowest BCUT2D eigenvalue weighted by Gasteiger charge is -2.09. The molecule has 2 aromatic rings. The number of benzene rings is 2. The van der Waals surface area contributed by atoms with E-state index in [2.05, 4.69) is 5.32 Å². The van der Waals surface area contributed by atoms with Crippen LogP contribution in [0.25, 0.3) is 0 Å². The van der Waals surface area contributed by atoms with Crippen molar-refractivity contribution >= 4 is 11.4 Å². The molecule has 0 radical (unpaired) electrons. The summed E-state index contributed by atoms with van der Waals surface area (Å²) in [6.07, 6.45) is 0.622. The van der Waals surface area contributed by atoms with Crippen molar-refractivity contribution in [3.8, 4) is 0 Å². The van der Waals surface area contributed by atoms with Crippen molar-refractivity contribution in [2.24, 2.45) is 5.73 Å². The van der Waals surface area contributed by atoms with Gasteiger partial charge in [0.25, 0.3) is 0 Å². The highest BCUT2D eigenvalue weighted by molar-refractivity contribution is 5.61. The van der Waals surface area contributed by atoms with Crippen molar-refractivity contribution in [2.45, 2.75) is 6.42 Å². The molecule has 0 unspecified atom stereocenters. The fourth-order valence-corrected chi connectivity index (χ4v) is 1.69. The van der Waals surface area contributed by atoms with E-state index in [1.54, 1.807) is 30.3 Å². The molecule has 18 heavy (non-hydrogen) atoms. The van der Waals surface area contributed by atoms with E-state index < -0.39 is 11.6 Å². The van der Waals surface area contributed by atoms with Crippen molar-refractivity contribution in [2.75, 3.05) is 11.9 Å². The summed E-state index contributed by atoms with van der Waals surface area (Å²) in [4.78, 5) is 0. The van der Waals surface area contributed by atoms with Crippen LogP contribution in [-0.4, -0.2) is 6.54 Å². The quantitative estimate of drug-likeness (QED) is 0.872. The van der Waals surface area contributed by atoms with Gasteiger partial charge in [0.1, 0.15) is 11.6 Å². The molecule has 0 heterocycles. The van der Waals surface area contributed by atoms with Crippen LogP contribution in [0.1, 0.15) is 5.56 Å². The molecule has 2 rings (SSSR count). The van der Waals surface area contributed by atoms with E-state index in [0.717, 1.165) is 5.56 Å². The predicted molar refractivity (Wildman–Crippen MR) is 68.8 cm³/mol. The minimum Gasteiger partial charge on any atom is -0.351 e. The first-order valence-corrected chi connectivity index (χ1v) is 5.71. The van der Waals surface area contributed by atoms with Crippen molar-refractivity contribution in [3.63, 3.8) is 0 Å². The molecule has 4 heteroatoms. The molecule has 0 aromatic heterocycles. The van der Waals surface area contributed by atoms with Crippen molar-refractivity contribution in [3.05, 3.63) is 59.7 Å². The van der Waals surface area contributed by atoms with Gasteiger partial charge < -0.3 is 11.1 Å². The van der Waals surface area contributed by atoms with Crippen LogP contribution >= 0.6 is 0 Å². The molecule has 0 fully saturated rings. The number of rotatable bonds is 4. The maximum absolute atomic E-state index is 13.8. The number of hydrogen-bond donors (Lipinski definition) is 2. The third kappa shape index (κ3) is 2.84. The smallest absolute Gasteiger partial charge is 0.146 e. The fraction of sp³-hybridized carbons (Fsp3) is 0.143. The Hall–Kier alpha value is -1.94. The molecule has 0 saturated heterocycles. The Balaban J connectivity index is 2.22. The number of nitrogens with two attached hydrogens (primary N) is 1. The number of para-hydroxylation sites is 1. The Labute approximate surface area is 104 Å². The number of nitrogens with one attached hydrogen (secondary N) is 1. The second-order valence-corrected chi connectivity index (χ2v) is 3.96. The van der Waals surface area contributed by atoms with E-state index in [0.29, 0.717) is 13.0 Å². The summed E-state index contributed by atoms with van der Waals surface area (Å²) in [7, 11) is 0. The van der Waals surface area contributed by atoms with Gasteiger partial charge in [-0.05, 0) is 42.8 Å². The van der Waals surface area contributed by atoms with Crippen LogP contribution in [0, 0.1) is 11.6 Å². The Morgan fingerprint density at radius 3 is 2.33 bits per heavy atom. The predicted octanol–water partition coefficient (Wildman–Crippen LogP) is 3.21. The maximum Gasteiger partial charge on any atom is 0.146 e. The van der Waals surface area contributed by atoms with Gasteiger partial charge in [-0.15, -0.1) is 0 Å². The van der Waals surface area contributed by atoms with Crippen LogP contribution in [-0.2, 0) is 6.42 Å². The molecule has 94 valence electrons.